The standard InChI is InChI=1S/C22H20BrN3O3S/c1-2-29-21(28)9-5-6-16(27)14-30-22-25-13-20(23)26(22)19-11-10-15(12-24)17-7-3-4-8-18(17)19/h3-4,7-8,10-11,13H,2,5-6,9,14H2,1H3. The molecule has 3 aromatic rings. The number of carbonyl (C=O) groups is 2. The first-order chi connectivity index (χ1) is 14.5. The Balaban J connectivity index is 1.76. The predicted molar refractivity (Wildman–Crippen MR) is 120 cm³/mol. The number of nitrogens with zero attached hydrogens (tertiary/aromatic N) is 3. The molecule has 0 unspecified atom stereocenters. The molecule has 0 amide bonds. The molecule has 0 radical (unpaired) electrons. The highest BCUT2D eigenvalue weighted by atomic mass is 79.9. The maximum atomic E-state index is 12.2. The van der Waals surface area contributed by atoms with Crippen molar-refractivity contribution in [3.05, 3.63) is 52.8 Å². The minimum atomic E-state index is -0.273. The van der Waals surface area contributed by atoms with Gasteiger partial charge in [-0.3, -0.25) is 14.2 Å². The van der Waals surface area contributed by atoms with Gasteiger partial charge in [0, 0.05) is 23.6 Å². The molecule has 0 spiro atoms. The predicted octanol–water partition coefficient (Wildman–Crippen LogP) is 5.05. The number of hydrogen-bond acceptors (Lipinski definition) is 6. The van der Waals surface area contributed by atoms with E-state index in [9.17, 15) is 14.9 Å². The summed E-state index contributed by atoms with van der Waals surface area (Å²) in [6.07, 6.45) is 2.76. The van der Waals surface area contributed by atoms with Crippen LogP contribution in [0.15, 0.2) is 52.4 Å². The van der Waals surface area contributed by atoms with Crippen LogP contribution in [-0.4, -0.2) is 33.7 Å². The molecule has 1 heterocycles. The molecule has 0 aliphatic carbocycles. The molecule has 0 saturated heterocycles. The number of halogens is 1. The second-order valence-electron chi connectivity index (χ2n) is 6.47. The highest BCUT2D eigenvalue weighted by molar-refractivity contribution is 9.10. The molecular formula is C22H20BrN3O3S. The van der Waals surface area contributed by atoms with Gasteiger partial charge in [-0.15, -0.1) is 0 Å². The number of thioether (sulfide) groups is 1. The molecule has 0 saturated carbocycles. The van der Waals surface area contributed by atoms with Crippen LogP contribution in [0.4, 0.5) is 0 Å². The summed E-state index contributed by atoms with van der Waals surface area (Å²) in [4.78, 5) is 28.1. The van der Waals surface area contributed by atoms with Crippen molar-refractivity contribution in [3.8, 4) is 11.8 Å². The number of fused-ring (bicyclic) bond motifs is 1. The average molecular weight is 486 g/mol. The van der Waals surface area contributed by atoms with Crippen LogP contribution in [0.1, 0.15) is 31.7 Å². The fraction of sp³-hybridized carbons (Fsp3) is 0.273. The molecule has 1 aromatic heterocycles. The van der Waals surface area contributed by atoms with E-state index in [1.165, 1.54) is 11.8 Å². The number of ether oxygens (including phenoxy) is 1. The van der Waals surface area contributed by atoms with Gasteiger partial charge in [-0.25, -0.2) is 4.98 Å². The quantitative estimate of drug-likeness (QED) is 0.311. The third-order valence-corrected chi connectivity index (χ3v) is 6.02. The van der Waals surface area contributed by atoms with E-state index in [4.69, 9.17) is 4.74 Å². The fourth-order valence-corrected chi connectivity index (χ4v) is 4.56. The van der Waals surface area contributed by atoms with Gasteiger partial charge in [-0.05, 0) is 41.4 Å². The Labute approximate surface area is 187 Å². The SMILES string of the molecule is CCOC(=O)CCCC(=O)CSc1ncc(Br)n1-c1ccc(C#N)c2ccccc12. The Morgan fingerprint density at radius 2 is 1.97 bits per heavy atom. The number of rotatable bonds is 9. The molecular weight excluding hydrogens is 466 g/mol. The number of benzene rings is 2. The van der Waals surface area contributed by atoms with Crippen LogP contribution in [0.25, 0.3) is 16.5 Å². The Bertz CT molecular complexity index is 1120. The zero-order valence-corrected chi connectivity index (χ0v) is 18.8. The van der Waals surface area contributed by atoms with Crippen molar-refractivity contribution in [1.82, 2.24) is 9.55 Å². The molecule has 3 rings (SSSR count). The molecule has 0 aliphatic rings. The molecule has 0 fully saturated rings. The number of hydrogen-bond donors (Lipinski definition) is 0. The molecule has 0 aliphatic heterocycles. The molecule has 2 aromatic carbocycles. The lowest BCUT2D eigenvalue weighted by Crippen LogP contribution is -2.07. The molecule has 30 heavy (non-hydrogen) atoms. The lowest BCUT2D eigenvalue weighted by atomic mass is 10.0. The summed E-state index contributed by atoms with van der Waals surface area (Å²) in [5.74, 6) is 0.0466. The summed E-state index contributed by atoms with van der Waals surface area (Å²) in [7, 11) is 0. The van der Waals surface area contributed by atoms with Gasteiger partial charge in [0.25, 0.3) is 0 Å². The van der Waals surface area contributed by atoms with E-state index >= 15 is 0 Å². The monoisotopic (exact) mass is 485 g/mol. The number of imidazole rings is 1. The van der Waals surface area contributed by atoms with Crippen molar-refractivity contribution >= 4 is 50.2 Å². The highest BCUT2D eigenvalue weighted by Gasteiger charge is 2.16. The normalized spacial score (nSPS) is 10.7. The van der Waals surface area contributed by atoms with Gasteiger partial charge in [-0.2, -0.15) is 5.26 Å². The first-order valence-electron chi connectivity index (χ1n) is 9.50. The topological polar surface area (TPSA) is 85.0 Å². The highest BCUT2D eigenvalue weighted by Crippen LogP contribution is 2.32. The largest absolute Gasteiger partial charge is 0.466 e. The van der Waals surface area contributed by atoms with Crippen molar-refractivity contribution < 1.29 is 14.3 Å². The minimum Gasteiger partial charge on any atom is -0.466 e. The van der Waals surface area contributed by atoms with Crippen molar-refractivity contribution in [3.63, 3.8) is 0 Å². The maximum Gasteiger partial charge on any atom is 0.305 e. The van der Waals surface area contributed by atoms with Crippen molar-refractivity contribution in [2.75, 3.05) is 12.4 Å². The molecule has 154 valence electrons. The van der Waals surface area contributed by atoms with Crippen LogP contribution in [0.2, 0.25) is 0 Å². The average Bonchev–Trinajstić information content (AvgIpc) is 3.11. The molecule has 8 heteroatoms. The van der Waals surface area contributed by atoms with Crippen LogP contribution in [-0.2, 0) is 14.3 Å². The second-order valence-corrected chi connectivity index (χ2v) is 8.23. The van der Waals surface area contributed by atoms with Gasteiger partial charge >= 0.3 is 5.97 Å². The summed E-state index contributed by atoms with van der Waals surface area (Å²) in [5, 5.41) is 11.9. The van der Waals surface area contributed by atoms with Crippen molar-refractivity contribution in [2.24, 2.45) is 0 Å². The lowest BCUT2D eigenvalue weighted by molar-refractivity contribution is -0.143. The van der Waals surface area contributed by atoms with E-state index in [-0.39, 0.29) is 23.9 Å². The second kappa shape index (κ2) is 10.4. The third kappa shape index (κ3) is 5.10. The third-order valence-electron chi connectivity index (χ3n) is 4.45. The van der Waals surface area contributed by atoms with E-state index in [2.05, 4.69) is 27.0 Å². The smallest absolute Gasteiger partial charge is 0.305 e. The van der Waals surface area contributed by atoms with E-state index in [0.717, 1.165) is 21.1 Å². The van der Waals surface area contributed by atoms with Gasteiger partial charge in [0.1, 0.15) is 10.4 Å². The van der Waals surface area contributed by atoms with Crippen LogP contribution in [0.5, 0.6) is 0 Å². The van der Waals surface area contributed by atoms with Gasteiger partial charge in [0.2, 0.25) is 0 Å². The van der Waals surface area contributed by atoms with E-state index in [0.29, 0.717) is 30.2 Å². The first kappa shape index (κ1) is 22.1. The maximum absolute atomic E-state index is 12.2. The lowest BCUT2D eigenvalue weighted by Gasteiger charge is -2.13. The van der Waals surface area contributed by atoms with Gasteiger partial charge in [0.05, 0.1) is 35.9 Å². The molecule has 0 N–H and O–H groups in total. The van der Waals surface area contributed by atoms with Crippen molar-refractivity contribution in [1.29, 1.82) is 5.26 Å². The minimum absolute atomic E-state index is 0.0552. The number of aromatic nitrogens is 2. The number of Topliss-reactive ketones (excluding diaryl/α,β-unsaturated/α-hetero) is 1. The van der Waals surface area contributed by atoms with E-state index < -0.39 is 0 Å². The van der Waals surface area contributed by atoms with E-state index in [1.807, 2.05) is 34.9 Å². The summed E-state index contributed by atoms with van der Waals surface area (Å²) < 4.78 is 7.57. The number of esters is 1. The fourth-order valence-electron chi connectivity index (χ4n) is 3.09. The van der Waals surface area contributed by atoms with Crippen LogP contribution in [0.3, 0.4) is 0 Å². The summed E-state index contributed by atoms with van der Waals surface area (Å²) in [6, 6.07) is 13.6. The van der Waals surface area contributed by atoms with Crippen LogP contribution in [0, 0.1) is 11.3 Å². The molecule has 0 bridgehead atoms. The van der Waals surface area contributed by atoms with Gasteiger partial charge < -0.3 is 4.74 Å². The Morgan fingerprint density at radius 3 is 2.70 bits per heavy atom. The van der Waals surface area contributed by atoms with Crippen molar-refractivity contribution in [2.45, 2.75) is 31.3 Å². The Morgan fingerprint density at radius 1 is 1.20 bits per heavy atom. The number of carbonyl (C=O) groups excluding carboxylic acids is 2. The molecule has 6 nitrogen and oxygen atoms in total. The zero-order chi connectivity index (χ0) is 21.5. The first-order valence-corrected chi connectivity index (χ1v) is 11.3. The summed E-state index contributed by atoms with van der Waals surface area (Å²) >= 11 is 4.89. The van der Waals surface area contributed by atoms with Gasteiger partial charge in [0.15, 0.2) is 5.16 Å². The number of ketones is 1. The van der Waals surface area contributed by atoms with Gasteiger partial charge in [-0.1, -0.05) is 36.0 Å². The zero-order valence-electron chi connectivity index (χ0n) is 16.4. The summed E-state index contributed by atoms with van der Waals surface area (Å²) in [5.41, 5.74) is 1.49. The Kier molecular flexibility index (Phi) is 7.66. The van der Waals surface area contributed by atoms with Crippen LogP contribution < -0.4 is 0 Å². The number of nitriles is 1. The van der Waals surface area contributed by atoms with Crippen LogP contribution >= 0.6 is 27.7 Å². The Hall–Kier alpha value is -2.63. The van der Waals surface area contributed by atoms with E-state index in [1.54, 1.807) is 19.2 Å². The molecule has 0 atom stereocenters. The summed E-state index contributed by atoms with van der Waals surface area (Å²) in [6.45, 7) is 2.11.